The number of hydrogen-bond acceptors (Lipinski definition) is 3. The maximum Gasteiger partial charge on any atom is 0.288 e. The number of benzene rings is 2. The zero-order chi connectivity index (χ0) is 19.8. The lowest BCUT2D eigenvalue weighted by molar-refractivity contribution is 0.0914. The van der Waals surface area contributed by atoms with Gasteiger partial charge in [0.05, 0.1) is 0 Å². The molecule has 142 valence electrons. The summed E-state index contributed by atoms with van der Waals surface area (Å²) in [5, 5.41) is 4.26. The lowest BCUT2D eigenvalue weighted by Crippen LogP contribution is -2.31. The van der Waals surface area contributed by atoms with Crippen LogP contribution in [0.5, 0.6) is 0 Å². The van der Waals surface area contributed by atoms with Gasteiger partial charge >= 0.3 is 0 Å². The van der Waals surface area contributed by atoms with Crippen LogP contribution < -0.4 is 5.32 Å². The van der Waals surface area contributed by atoms with Gasteiger partial charge in [-0.25, -0.2) is 9.37 Å². The molecule has 2 aromatic heterocycles. The van der Waals surface area contributed by atoms with E-state index in [1.165, 1.54) is 12.1 Å². The lowest BCUT2D eigenvalue weighted by Gasteiger charge is -2.19. The van der Waals surface area contributed by atoms with Crippen molar-refractivity contribution in [3.8, 4) is 0 Å². The van der Waals surface area contributed by atoms with Gasteiger partial charge in [0.1, 0.15) is 23.3 Å². The van der Waals surface area contributed by atoms with E-state index < -0.39 is 11.9 Å². The first kappa shape index (κ1) is 18.3. The Hall–Kier alpha value is -3.12. The summed E-state index contributed by atoms with van der Waals surface area (Å²) in [7, 11) is 1.81. The topological polar surface area (TPSA) is 60.1 Å². The van der Waals surface area contributed by atoms with Crippen molar-refractivity contribution in [3.05, 3.63) is 88.4 Å². The van der Waals surface area contributed by atoms with Crippen molar-refractivity contribution in [1.82, 2.24) is 14.9 Å². The number of carbonyl (C=O) groups excluding carboxylic acids is 1. The number of rotatable bonds is 4. The maximum atomic E-state index is 13.8. The number of fused-ring (bicyclic) bond motifs is 1. The van der Waals surface area contributed by atoms with Gasteiger partial charge in [0.25, 0.3) is 5.91 Å². The van der Waals surface area contributed by atoms with Crippen molar-refractivity contribution >= 4 is 28.5 Å². The Labute approximate surface area is 165 Å². The predicted molar refractivity (Wildman–Crippen MR) is 105 cm³/mol. The molecule has 4 rings (SSSR count). The third kappa shape index (κ3) is 3.27. The standard InChI is InChI=1S/C21H17ClFN3O2/c1-12-16-11-14(22)6-7-17(16)28-19(12)21(27)25-18(20-24-8-9-26(20)2)13-4-3-5-15(23)10-13/h3-11,18H,1-2H3,(H,25,27)/t18-/m0/s1. The van der Waals surface area contributed by atoms with Gasteiger partial charge in [0.2, 0.25) is 0 Å². The third-order valence-corrected chi connectivity index (χ3v) is 4.91. The molecule has 1 amide bonds. The first-order chi connectivity index (χ1) is 13.4. The minimum Gasteiger partial charge on any atom is -0.451 e. The molecule has 0 unspecified atom stereocenters. The van der Waals surface area contributed by atoms with Crippen molar-refractivity contribution in [1.29, 1.82) is 0 Å². The Morgan fingerprint density at radius 3 is 2.82 bits per heavy atom. The van der Waals surface area contributed by atoms with Gasteiger partial charge < -0.3 is 14.3 Å². The summed E-state index contributed by atoms with van der Waals surface area (Å²) in [4.78, 5) is 17.4. The average molecular weight is 398 g/mol. The molecule has 0 fully saturated rings. The summed E-state index contributed by atoms with van der Waals surface area (Å²) in [6.07, 6.45) is 3.39. The molecule has 5 nitrogen and oxygen atoms in total. The number of nitrogens with zero attached hydrogens (tertiary/aromatic N) is 2. The van der Waals surface area contributed by atoms with Crippen molar-refractivity contribution < 1.29 is 13.6 Å². The summed E-state index contributed by atoms with van der Waals surface area (Å²) in [6, 6.07) is 10.6. The molecule has 0 aliphatic rings. The molecule has 4 aromatic rings. The molecule has 28 heavy (non-hydrogen) atoms. The van der Waals surface area contributed by atoms with Crippen LogP contribution in [-0.2, 0) is 7.05 Å². The van der Waals surface area contributed by atoms with Gasteiger partial charge in [-0.15, -0.1) is 0 Å². The Balaban J connectivity index is 1.74. The van der Waals surface area contributed by atoms with Gasteiger partial charge in [-0.2, -0.15) is 0 Å². The molecule has 2 aromatic carbocycles. The Kier molecular flexibility index (Phi) is 4.65. The molecule has 2 heterocycles. The van der Waals surface area contributed by atoms with Crippen molar-refractivity contribution in [3.63, 3.8) is 0 Å². The molecular weight excluding hydrogens is 381 g/mol. The van der Waals surface area contributed by atoms with E-state index in [1.807, 2.05) is 7.05 Å². The predicted octanol–water partition coefficient (Wildman–Crippen LogP) is 4.79. The minimum atomic E-state index is -0.639. The second-order valence-electron chi connectivity index (χ2n) is 6.55. The average Bonchev–Trinajstić information content (AvgIpc) is 3.23. The van der Waals surface area contributed by atoms with Gasteiger partial charge in [-0.05, 0) is 42.8 Å². The van der Waals surface area contributed by atoms with Crippen LogP contribution in [-0.4, -0.2) is 15.5 Å². The summed E-state index contributed by atoms with van der Waals surface area (Å²) >= 11 is 6.05. The van der Waals surface area contributed by atoms with E-state index >= 15 is 0 Å². The normalized spacial score (nSPS) is 12.3. The van der Waals surface area contributed by atoms with Crippen molar-refractivity contribution in [2.45, 2.75) is 13.0 Å². The van der Waals surface area contributed by atoms with Crippen LogP contribution in [0.2, 0.25) is 5.02 Å². The summed E-state index contributed by atoms with van der Waals surface area (Å²) < 4.78 is 21.3. The number of furan rings is 1. The second-order valence-corrected chi connectivity index (χ2v) is 6.99. The molecule has 0 saturated heterocycles. The highest BCUT2D eigenvalue weighted by atomic mass is 35.5. The van der Waals surface area contributed by atoms with E-state index in [2.05, 4.69) is 10.3 Å². The molecular formula is C21H17ClFN3O2. The van der Waals surface area contributed by atoms with Crippen LogP contribution >= 0.6 is 11.6 Å². The largest absolute Gasteiger partial charge is 0.451 e. The van der Waals surface area contributed by atoms with Gasteiger partial charge in [-0.3, -0.25) is 4.79 Å². The van der Waals surface area contributed by atoms with Crippen molar-refractivity contribution in [2.75, 3.05) is 0 Å². The van der Waals surface area contributed by atoms with E-state index in [4.69, 9.17) is 16.0 Å². The van der Waals surface area contributed by atoms with E-state index in [9.17, 15) is 9.18 Å². The van der Waals surface area contributed by atoms with E-state index in [0.29, 0.717) is 27.6 Å². The summed E-state index contributed by atoms with van der Waals surface area (Å²) in [5.41, 5.74) is 1.85. The quantitative estimate of drug-likeness (QED) is 0.538. The fourth-order valence-electron chi connectivity index (χ4n) is 3.24. The Morgan fingerprint density at radius 1 is 1.29 bits per heavy atom. The number of halogens is 2. The first-order valence-corrected chi connectivity index (χ1v) is 9.04. The van der Waals surface area contributed by atoms with Gasteiger partial charge in [-0.1, -0.05) is 23.7 Å². The smallest absolute Gasteiger partial charge is 0.288 e. The number of aromatic nitrogens is 2. The Morgan fingerprint density at radius 2 is 2.11 bits per heavy atom. The molecule has 1 atom stereocenters. The van der Waals surface area contributed by atoms with E-state index in [0.717, 1.165) is 5.39 Å². The monoisotopic (exact) mass is 397 g/mol. The number of nitrogens with one attached hydrogen (secondary N) is 1. The second kappa shape index (κ2) is 7.13. The van der Waals surface area contributed by atoms with Crippen LogP contribution in [0.15, 0.2) is 59.3 Å². The van der Waals surface area contributed by atoms with E-state index in [1.54, 1.807) is 54.2 Å². The molecule has 0 aliphatic heterocycles. The number of carbonyl (C=O) groups is 1. The van der Waals surface area contributed by atoms with Crippen LogP contribution in [0.1, 0.15) is 33.5 Å². The maximum absolute atomic E-state index is 13.8. The van der Waals surface area contributed by atoms with Gasteiger partial charge in [0, 0.05) is 35.4 Å². The lowest BCUT2D eigenvalue weighted by atomic mass is 10.1. The number of aryl methyl sites for hydroxylation is 2. The molecule has 0 aliphatic carbocycles. The van der Waals surface area contributed by atoms with Crippen molar-refractivity contribution in [2.24, 2.45) is 7.05 Å². The highest BCUT2D eigenvalue weighted by Gasteiger charge is 2.25. The van der Waals surface area contributed by atoms with Crippen LogP contribution in [0.25, 0.3) is 11.0 Å². The third-order valence-electron chi connectivity index (χ3n) is 4.68. The number of hydrogen-bond donors (Lipinski definition) is 1. The zero-order valence-electron chi connectivity index (χ0n) is 15.2. The zero-order valence-corrected chi connectivity index (χ0v) is 16.0. The van der Waals surface area contributed by atoms with Crippen LogP contribution in [0.4, 0.5) is 4.39 Å². The minimum absolute atomic E-state index is 0.188. The molecule has 7 heteroatoms. The Bertz CT molecular complexity index is 1180. The molecule has 1 N–H and O–H groups in total. The first-order valence-electron chi connectivity index (χ1n) is 8.66. The van der Waals surface area contributed by atoms with Crippen LogP contribution in [0.3, 0.4) is 0 Å². The summed E-state index contributed by atoms with van der Waals surface area (Å²) in [5.74, 6) is -0.0359. The van der Waals surface area contributed by atoms with Crippen LogP contribution in [0, 0.1) is 12.7 Å². The number of amides is 1. The SMILES string of the molecule is Cc1c(C(=O)N[C@@H](c2cccc(F)c2)c2nccn2C)oc2ccc(Cl)cc12. The van der Waals surface area contributed by atoms with E-state index in [-0.39, 0.29) is 11.6 Å². The molecule has 0 bridgehead atoms. The molecule has 0 spiro atoms. The summed E-state index contributed by atoms with van der Waals surface area (Å²) in [6.45, 7) is 1.80. The number of imidazole rings is 1. The van der Waals surface area contributed by atoms with Gasteiger partial charge in [0.15, 0.2) is 5.76 Å². The highest BCUT2D eigenvalue weighted by molar-refractivity contribution is 6.31. The molecule has 0 radical (unpaired) electrons. The molecule has 0 saturated carbocycles. The fourth-order valence-corrected chi connectivity index (χ4v) is 3.42. The fraction of sp³-hybridized carbons (Fsp3) is 0.143. The highest BCUT2D eigenvalue weighted by Crippen LogP contribution is 2.29.